The minimum absolute atomic E-state index is 0.00267. The first-order valence-electron chi connectivity index (χ1n) is 8.38. The lowest BCUT2D eigenvalue weighted by molar-refractivity contribution is -0.130. The van der Waals surface area contributed by atoms with E-state index in [2.05, 4.69) is 4.98 Å². The van der Waals surface area contributed by atoms with E-state index in [9.17, 15) is 9.90 Å². The van der Waals surface area contributed by atoms with Crippen LogP contribution in [0.25, 0.3) is 10.9 Å². The normalized spacial score (nSPS) is 17.5. The van der Waals surface area contributed by atoms with Crippen molar-refractivity contribution in [3.05, 3.63) is 60.8 Å². The molecule has 1 aliphatic rings. The van der Waals surface area contributed by atoms with E-state index in [-0.39, 0.29) is 24.4 Å². The van der Waals surface area contributed by atoms with Gasteiger partial charge in [0.1, 0.15) is 36.3 Å². The molecule has 3 aromatic rings. The van der Waals surface area contributed by atoms with E-state index >= 15 is 0 Å². The molecule has 132 valence electrons. The monoisotopic (exact) mass is 350 g/mol. The van der Waals surface area contributed by atoms with E-state index in [0.717, 1.165) is 16.6 Å². The highest BCUT2D eigenvalue weighted by atomic mass is 16.5. The van der Waals surface area contributed by atoms with Gasteiger partial charge in [-0.2, -0.15) is 0 Å². The first-order chi connectivity index (χ1) is 12.7. The van der Waals surface area contributed by atoms with Crippen molar-refractivity contribution in [2.45, 2.75) is 6.10 Å². The quantitative estimate of drug-likeness (QED) is 0.783. The Morgan fingerprint density at radius 2 is 1.96 bits per heavy atom. The Balaban J connectivity index is 1.46. The number of phenolic OH excluding ortho intramolecular Hbond substituents is 1. The molecule has 6 heteroatoms. The second-order valence-electron chi connectivity index (χ2n) is 6.10. The number of carbonyl (C=O) groups excluding carboxylic acids is 1. The van der Waals surface area contributed by atoms with Gasteiger partial charge >= 0.3 is 0 Å². The first-order valence-corrected chi connectivity index (χ1v) is 8.38. The van der Waals surface area contributed by atoms with Gasteiger partial charge in [-0.15, -0.1) is 0 Å². The maximum absolute atomic E-state index is 12.2. The van der Waals surface area contributed by atoms with Crippen LogP contribution in [-0.2, 0) is 9.53 Å². The Labute approximate surface area is 150 Å². The summed E-state index contributed by atoms with van der Waals surface area (Å²) < 4.78 is 11.5. The number of hydrogen-bond acceptors (Lipinski definition) is 5. The molecule has 0 saturated carbocycles. The van der Waals surface area contributed by atoms with Crippen LogP contribution in [0.5, 0.6) is 11.5 Å². The number of phenols is 1. The highest BCUT2D eigenvalue weighted by molar-refractivity contribution is 5.95. The van der Waals surface area contributed by atoms with Crippen molar-refractivity contribution in [3.63, 3.8) is 0 Å². The third kappa shape index (κ3) is 3.32. The number of pyridine rings is 1. The zero-order valence-electron chi connectivity index (χ0n) is 14.0. The van der Waals surface area contributed by atoms with E-state index in [1.807, 2.05) is 30.3 Å². The molecular formula is C20H18N2O4. The fourth-order valence-electron chi connectivity index (χ4n) is 2.98. The van der Waals surface area contributed by atoms with Gasteiger partial charge < -0.3 is 19.5 Å². The molecule has 1 fully saturated rings. The van der Waals surface area contributed by atoms with Crippen LogP contribution >= 0.6 is 0 Å². The van der Waals surface area contributed by atoms with Crippen molar-refractivity contribution in [2.75, 3.05) is 24.7 Å². The van der Waals surface area contributed by atoms with Crippen molar-refractivity contribution >= 4 is 22.5 Å². The van der Waals surface area contributed by atoms with E-state index < -0.39 is 0 Å². The first kappa shape index (κ1) is 16.4. The molecule has 26 heavy (non-hydrogen) atoms. The molecular weight excluding hydrogens is 332 g/mol. The molecule has 0 bridgehead atoms. The third-order valence-corrected chi connectivity index (χ3v) is 4.31. The molecule has 1 saturated heterocycles. The van der Waals surface area contributed by atoms with Crippen LogP contribution in [0, 0.1) is 0 Å². The summed E-state index contributed by atoms with van der Waals surface area (Å²) in [7, 11) is 0. The largest absolute Gasteiger partial charge is 0.508 e. The fraction of sp³-hybridized carbons (Fsp3) is 0.200. The molecule has 1 amide bonds. The number of aromatic nitrogens is 1. The lowest BCUT2D eigenvalue weighted by Crippen LogP contribution is -2.48. The van der Waals surface area contributed by atoms with Gasteiger partial charge in [-0.1, -0.05) is 18.2 Å². The Morgan fingerprint density at radius 3 is 2.81 bits per heavy atom. The molecule has 1 atom stereocenters. The average Bonchev–Trinajstić information content (AvgIpc) is 2.68. The maximum Gasteiger partial charge on any atom is 0.253 e. The molecule has 1 aromatic heterocycles. The number of anilines is 1. The van der Waals surface area contributed by atoms with Gasteiger partial charge in [0.25, 0.3) is 5.91 Å². The molecule has 0 spiro atoms. The van der Waals surface area contributed by atoms with Crippen LogP contribution < -0.4 is 9.64 Å². The van der Waals surface area contributed by atoms with E-state index in [1.54, 1.807) is 35.4 Å². The van der Waals surface area contributed by atoms with E-state index in [1.165, 1.54) is 0 Å². The number of para-hydroxylation sites is 1. The Bertz CT molecular complexity index is 921. The lowest BCUT2D eigenvalue weighted by atomic mass is 10.2. The summed E-state index contributed by atoms with van der Waals surface area (Å²) in [6, 6.07) is 16.2. The SMILES string of the molecule is O=C1CO[C@H](COc2cccc3cccnc23)CN1c1ccc(O)cc1. The van der Waals surface area contributed by atoms with Gasteiger partial charge in [0.05, 0.1) is 6.54 Å². The molecule has 1 aliphatic heterocycles. The Morgan fingerprint density at radius 1 is 1.15 bits per heavy atom. The summed E-state index contributed by atoms with van der Waals surface area (Å²) in [6.07, 6.45) is 1.48. The molecule has 0 radical (unpaired) electrons. The number of morpholine rings is 1. The number of benzene rings is 2. The second kappa shape index (κ2) is 7.01. The maximum atomic E-state index is 12.2. The number of aromatic hydroxyl groups is 1. The average molecular weight is 350 g/mol. The lowest BCUT2D eigenvalue weighted by Gasteiger charge is -2.32. The van der Waals surface area contributed by atoms with Crippen LogP contribution in [-0.4, -0.2) is 41.9 Å². The fourth-order valence-corrected chi connectivity index (χ4v) is 2.98. The van der Waals surface area contributed by atoms with Crippen molar-refractivity contribution in [1.82, 2.24) is 4.98 Å². The molecule has 2 heterocycles. The molecule has 4 rings (SSSR count). The van der Waals surface area contributed by atoms with Crippen molar-refractivity contribution in [2.24, 2.45) is 0 Å². The number of carbonyl (C=O) groups is 1. The van der Waals surface area contributed by atoms with Crippen LogP contribution in [0.15, 0.2) is 60.8 Å². The topological polar surface area (TPSA) is 71.9 Å². The summed E-state index contributed by atoms with van der Waals surface area (Å²) in [5.41, 5.74) is 1.53. The van der Waals surface area contributed by atoms with E-state index in [4.69, 9.17) is 9.47 Å². The standard InChI is InChI=1S/C20H18N2O4/c23-16-8-6-15(7-9-16)22-11-17(25-13-19(22)24)12-26-18-5-1-3-14-4-2-10-21-20(14)18/h1-10,17,23H,11-13H2/t17-/m0/s1. The zero-order valence-corrected chi connectivity index (χ0v) is 14.0. The van der Waals surface area contributed by atoms with Crippen LogP contribution in [0.3, 0.4) is 0 Å². The minimum Gasteiger partial charge on any atom is -0.508 e. The van der Waals surface area contributed by atoms with Gasteiger partial charge in [0.15, 0.2) is 0 Å². The number of amides is 1. The molecule has 2 aromatic carbocycles. The summed E-state index contributed by atoms with van der Waals surface area (Å²) in [4.78, 5) is 18.2. The molecule has 1 N–H and O–H groups in total. The molecule has 0 aliphatic carbocycles. The van der Waals surface area contributed by atoms with Crippen LogP contribution in [0.2, 0.25) is 0 Å². The van der Waals surface area contributed by atoms with E-state index in [0.29, 0.717) is 18.9 Å². The number of nitrogens with zero attached hydrogens (tertiary/aromatic N) is 2. The van der Waals surface area contributed by atoms with Crippen molar-refractivity contribution < 1.29 is 19.4 Å². The highest BCUT2D eigenvalue weighted by Gasteiger charge is 2.28. The van der Waals surface area contributed by atoms with Gasteiger partial charge in [-0.05, 0) is 36.4 Å². The Hall–Kier alpha value is -3.12. The predicted octanol–water partition coefficient (Wildman–Crippen LogP) is 2.75. The van der Waals surface area contributed by atoms with Gasteiger partial charge in [0, 0.05) is 17.3 Å². The number of fused-ring (bicyclic) bond motifs is 1. The summed E-state index contributed by atoms with van der Waals surface area (Å²) >= 11 is 0. The smallest absolute Gasteiger partial charge is 0.253 e. The van der Waals surface area contributed by atoms with Crippen LogP contribution in [0.1, 0.15) is 0 Å². The summed E-state index contributed by atoms with van der Waals surface area (Å²) in [6.45, 7) is 0.710. The number of rotatable bonds is 4. The molecule has 0 unspecified atom stereocenters. The van der Waals surface area contributed by atoms with Gasteiger partial charge in [-0.25, -0.2) is 0 Å². The summed E-state index contributed by atoms with van der Waals surface area (Å²) in [5.74, 6) is 0.747. The second-order valence-corrected chi connectivity index (χ2v) is 6.10. The number of ether oxygens (including phenoxy) is 2. The van der Waals surface area contributed by atoms with Gasteiger partial charge in [0.2, 0.25) is 0 Å². The highest BCUT2D eigenvalue weighted by Crippen LogP contribution is 2.25. The van der Waals surface area contributed by atoms with Crippen molar-refractivity contribution in [1.29, 1.82) is 0 Å². The Kier molecular flexibility index (Phi) is 4.41. The van der Waals surface area contributed by atoms with Crippen LogP contribution in [0.4, 0.5) is 5.69 Å². The predicted molar refractivity (Wildman–Crippen MR) is 97.4 cm³/mol. The van der Waals surface area contributed by atoms with Gasteiger partial charge in [-0.3, -0.25) is 9.78 Å². The minimum atomic E-state index is -0.250. The third-order valence-electron chi connectivity index (χ3n) is 4.31. The number of hydrogen-bond donors (Lipinski definition) is 1. The molecule has 6 nitrogen and oxygen atoms in total. The van der Waals surface area contributed by atoms with Crippen molar-refractivity contribution in [3.8, 4) is 11.5 Å². The zero-order chi connectivity index (χ0) is 17.9. The summed E-state index contributed by atoms with van der Waals surface area (Å²) in [5, 5.41) is 10.4.